The van der Waals surface area contributed by atoms with Gasteiger partial charge in [-0.1, -0.05) is 0 Å². The second-order valence-corrected chi connectivity index (χ2v) is 4.64. The third-order valence-corrected chi connectivity index (χ3v) is 3.28. The van der Waals surface area contributed by atoms with Crippen LogP contribution in [-0.2, 0) is 9.53 Å². The van der Waals surface area contributed by atoms with Gasteiger partial charge in [-0.2, -0.15) is 0 Å². The van der Waals surface area contributed by atoms with Gasteiger partial charge in [0.05, 0.1) is 11.0 Å². The van der Waals surface area contributed by atoms with Gasteiger partial charge in [-0.05, 0) is 25.5 Å². The van der Waals surface area contributed by atoms with Crippen LogP contribution in [0.1, 0.15) is 17.5 Å². The molecule has 0 spiro atoms. The van der Waals surface area contributed by atoms with Crippen molar-refractivity contribution >= 4 is 11.5 Å². The first-order valence-electron chi connectivity index (χ1n) is 5.92. The van der Waals surface area contributed by atoms with Crippen molar-refractivity contribution in [2.24, 2.45) is 0 Å². The van der Waals surface area contributed by atoms with E-state index >= 15 is 0 Å². The molecule has 0 amide bonds. The largest absolute Gasteiger partial charge is 0.486 e. The van der Waals surface area contributed by atoms with Gasteiger partial charge in [-0.15, -0.1) is 0 Å². The molecule has 0 heterocycles. The van der Waals surface area contributed by atoms with Crippen molar-refractivity contribution in [2.75, 3.05) is 7.11 Å². The molecule has 2 atom stereocenters. The van der Waals surface area contributed by atoms with Crippen molar-refractivity contribution in [3.8, 4) is 5.75 Å². The summed E-state index contributed by atoms with van der Waals surface area (Å²) >= 11 is 0. The van der Waals surface area contributed by atoms with E-state index in [1.165, 1.54) is 13.2 Å². The highest BCUT2D eigenvalue weighted by Gasteiger charge is 2.42. The first-order chi connectivity index (χ1) is 8.93. The second-order valence-electron chi connectivity index (χ2n) is 4.64. The van der Waals surface area contributed by atoms with Gasteiger partial charge in [0.1, 0.15) is 11.9 Å². The maximum absolute atomic E-state index is 11.3. The topological polar surface area (TPSA) is 78.7 Å². The van der Waals surface area contributed by atoms with Crippen LogP contribution in [-0.4, -0.2) is 30.0 Å². The lowest BCUT2D eigenvalue weighted by Crippen LogP contribution is -2.51. The van der Waals surface area contributed by atoms with E-state index in [-0.39, 0.29) is 24.0 Å². The highest BCUT2D eigenvalue weighted by molar-refractivity contribution is 5.90. The van der Waals surface area contributed by atoms with Crippen LogP contribution in [0, 0.1) is 24.0 Å². The number of nitro groups is 1. The Kier molecular flexibility index (Phi) is 3.53. The van der Waals surface area contributed by atoms with E-state index in [0.29, 0.717) is 11.3 Å². The van der Waals surface area contributed by atoms with Crippen molar-refractivity contribution in [3.05, 3.63) is 33.4 Å². The Morgan fingerprint density at radius 1 is 1.32 bits per heavy atom. The molecule has 1 aliphatic rings. The number of methoxy groups -OCH3 is 1. The third kappa shape index (κ3) is 2.44. The molecule has 1 aliphatic carbocycles. The van der Waals surface area contributed by atoms with Crippen molar-refractivity contribution in [3.63, 3.8) is 0 Å². The molecule has 6 nitrogen and oxygen atoms in total. The summed E-state index contributed by atoms with van der Waals surface area (Å²) in [6.07, 6.45) is -0.655. The highest BCUT2D eigenvalue weighted by atomic mass is 16.6. The van der Waals surface area contributed by atoms with E-state index in [9.17, 15) is 14.9 Å². The highest BCUT2D eigenvalue weighted by Crippen LogP contribution is 2.32. The zero-order valence-corrected chi connectivity index (χ0v) is 11.0. The average Bonchev–Trinajstić information content (AvgIpc) is 2.31. The second kappa shape index (κ2) is 4.97. The lowest BCUT2D eigenvalue weighted by atomic mass is 9.90. The van der Waals surface area contributed by atoms with E-state index in [4.69, 9.17) is 9.47 Å². The molecule has 1 saturated carbocycles. The summed E-state index contributed by atoms with van der Waals surface area (Å²) in [5.41, 5.74) is 1.40. The fraction of sp³-hybridized carbons (Fsp3) is 0.462. The summed E-state index contributed by atoms with van der Waals surface area (Å²) in [6, 6.07) is 3.11. The standard InChI is InChI=1S/C13H15NO5/c1-7-4-8(2)11(5-9(7)14(16)17)19-12-6-10(15)13(12)18-3/h4-5,12-13H,6H2,1-3H3. The van der Waals surface area contributed by atoms with E-state index in [2.05, 4.69) is 0 Å². The van der Waals surface area contributed by atoms with Gasteiger partial charge in [0.25, 0.3) is 5.69 Å². The molecule has 0 radical (unpaired) electrons. The van der Waals surface area contributed by atoms with Gasteiger partial charge >= 0.3 is 0 Å². The zero-order valence-electron chi connectivity index (χ0n) is 11.0. The SMILES string of the molecule is COC1C(=O)CC1Oc1cc([N+](=O)[O-])c(C)cc1C. The smallest absolute Gasteiger partial charge is 0.276 e. The number of aryl methyl sites for hydroxylation is 2. The zero-order chi connectivity index (χ0) is 14.2. The number of nitrogens with zero attached hydrogens (tertiary/aromatic N) is 1. The van der Waals surface area contributed by atoms with Crippen molar-refractivity contribution in [2.45, 2.75) is 32.5 Å². The quantitative estimate of drug-likeness (QED) is 0.614. The van der Waals surface area contributed by atoms with Crippen LogP contribution >= 0.6 is 0 Å². The van der Waals surface area contributed by atoms with Crippen molar-refractivity contribution < 1.29 is 19.2 Å². The summed E-state index contributed by atoms with van der Waals surface area (Å²) in [5, 5.41) is 10.9. The summed E-state index contributed by atoms with van der Waals surface area (Å²) in [7, 11) is 1.45. The van der Waals surface area contributed by atoms with E-state index < -0.39 is 11.0 Å². The molecule has 0 N–H and O–H groups in total. The van der Waals surface area contributed by atoms with Crippen molar-refractivity contribution in [1.82, 2.24) is 0 Å². The van der Waals surface area contributed by atoms with Gasteiger partial charge in [0.15, 0.2) is 11.9 Å². The van der Waals surface area contributed by atoms with Gasteiger partial charge < -0.3 is 9.47 Å². The Hall–Kier alpha value is -1.95. The molecule has 19 heavy (non-hydrogen) atoms. The first-order valence-corrected chi connectivity index (χ1v) is 5.92. The molecule has 0 aromatic heterocycles. The Labute approximate surface area is 110 Å². The number of nitro benzene ring substituents is 1. The molecule has 1 fully saturated rings. The number of hydrogen-bond acceptors (Lipinski definition) is 5. The normalized spacial score (nSPS) is 21.9. The number of rotatable bonds is 4. The van der Waals surface area contributed by atoms with Crippen LogP contribution in [0.4, 0.5) is 5.69 Å². The van der Waals surface area contributed by atoms with Gasteiger partial charge in [0, 0.05) is 19.1 Å². The van der Waals surface area contributed by atoms with E-state index in [1.54, 1.807) is 13.0 Å². The van der Waals surface area contributed by atoms with E-state index in [1.807, 2.05) is 6.92 Å². The Morgan fingerprint density at radius 2 is 2.00 bits per heavy atom. The predicted molar refractivity (Wildman–Crippen MR) is 67.4 cm³/mol. The Bertz CT molecular complexity index is 540. The number of hydrogen-bond donors (Lipinski definition) is 0. The van der Waals surface area contributed by atoms with Crippen LogP contribution < -0.4 is 4.74 Å². The fourth-order valence-electron chi connectivity index (χ4n) is 2.16. The lowest BCUT2D eigenvalue weighted by molar-refractivity contribution is -0.385. The van der Waals surface area contributed by atoms with Crippen LogP contribution in [0.25, 0.3) is 0 Å². The minimum absolute atomic E-state index is 0.00763. The molecular formula is C13H15NO5. The maximum Gasteiger partial charge on any atom is 0.276 e. The summed E-state index contributed by atoms with van der Waals surface area (Å²) in [5.74, 6) is 0.420. The number of benzene rings is 1. The predicted octanol–water partition coefficient (Wildman–Crippen LogP) is 1.95. The first kappa shape index (κ1) is 13.5. The van der Waals surface area contributed by atoms with Crippen LogP contribution in [0.15, 0.2) is 12.1 Å². The summed E-state index contributed by atoms with van der Waals surface area (Å²) < 4.78 is 10.7. The molecule has 1 aromatic rings. The number of carbonyl (C=O) groups is 1. The number of Topliss-reactive ketones (excluding diaryl/α,β-unsaturated/α-hetero) is 1. The summed E-state index contributed by atoms with van der Waals surface area (Å²) in [4.78, 5) is 21.7. The monoisotopic (exact) mass is 265 g/mol. The summed E-state index contributed by atoms with van der Waals surface area (Å²) in [6.45, 7) is 3.49. The molecular weight excluding hydrogens is 250 g/mol. The molecule has 102 valence electrons. The minimum Gasteiger partial charge on any atom is -0.486 e. The molecule has 6 heteroatoms. The Balaban J connectivity index is 2.23. The molecule has 0 aliphatic heterocycles. The van der Waals surface area contributed by atoms with Crippen LogP contribution in [0.5, 0.6) is 5.75 Å². The fourth-order valence-corrected chi connectivity index (χ4v) is 2.16. The van der Waals surface area contributed by atoms with Crippen LogP contribution in [0.2, 0.25) is 0 Å². The average molecular weight is 265 g/mol. The van der Waals surface area contributed by atoms with Gasteiger partial charge in [0.2, 0.25) is 0 Å². The minimum atomic E-state index is -0.570. The number of ketones is 1. The molecule has 1 aromatic carbocycles. The lowest BCUT2D eigenvalue weighted by Gasteiger charge is -2.34. The van der Waals surface area contributed by atoms with Crippen LogP contribution in [0.3, 0.4) is 0 Å². The molecule has 0 saturated heterocycles. The Morgan fingerprint density at radius 3 is 2.53 bits per heavy atom. The molecule has 2 unspecified atom stereocenters. The third-order valence-electron chi connectivity index (χ3n) is 3.28. The van der Waals surface area contributed by atoms with Gasteiger partial charge in [-0.3, -0.25) is 14.9 Å². The van der Waals surface area contributed by atoms with Gasteiger partial charge in [-0.25, -0.2) is 0 Å². The molecule has 0 bridgehead atoms. The molecule has 2 rings (SSSR count). The van der Waals surface area contributed by atoms with Crippen molar-refractivity contribution in [1.29, 1.82) is 0 Å². The van der Waals surface area contributed by atoms with E-state index in [0.717, 1.165) is 5.56 Å². The number of carbonyl (C=O) groups excluding carboxylic acids is 1. The maximum atomic E-state index is 11.3. The number of ether oxygens (including phenoxy) is 2.